The lowest BCUT2D eigenvalue weighted by Gasteiger charge is -2.25. The van der Waals surface area contributed by atoms with Crippen LogP contribution in [-0.2, 0) is 39.8 Å². The summed E-state index contributed by atoms with van der Waals surface area (Å²) in [7, 11) is 0. The van der Waals surface area contributed by atoms with Crippen molar-refractivity contribution in [3.63, 3.8) is 0 Å². The van der Waals surface area contributed by atoms with Gasteiger partial charge in [0.1, 0.15) is 12.2 Å². The van der Waals surface area contributed by atoms with Crippen LogP contribution in [0, 0.1) is 6.92 Å². The van der Waals surface area contributed by atoms with E-state index in [2.05, 4.69) is 35.6 Å². The van der Waals surface area contributed by atoms with Gasteiger partial charge in [-0.05, 0) is 97.7 Å². The molecule has 1 aliphatic rings. The van der Waals surface area contributed by atoms with Crippen molar-refractivity contribution in [1.82, 2.24) is 5.32 Å². The molecule has 11 heteroatoms. The third-order valence-electron chi connectivity index (χ3n) is 11.6. The molecule has 1 N–H and O–H groups in total. The van der Waals surface area contributed by atoms with E-state index in [4.69, 9.17) is 23.4 Å². The first-order valence-electron chi connectivity index (χ1n) is 23.8. The lowest BCUT2D eigenvalue weighted by Crippen LogP contribution is -2.33. The number of benzene rings is 3. The molecule has 1 amide bonds. The number of carbonyl (C=O) groups excluding carboxylic acids is 3. The summed E-state index contributed by atoms with van der Waals surface area (Å²) in [6.45, 7) is 3.43. The lowest BCUT2D eigenvalue weighted by atomic mass is 10.0. The van der Waals surface area contributed by atoms with Gasteiger partial charge in [0.2, 0.25) is 5.91 Å². The zero-order valence-corrected chi connectivity index (χ0v) is 38.5. The second-order valence-corrected chi connectivity index (χ2v) is 18.2. The topological polar surface area (TPSA) is 130 Å². The summed E-state index contributed by atoms with van der Waals surface area (Å²) in [4.78, 5) is 50.6. The molecule has 1 fully saturated rings. The van der Waals surface area contributed by atoms with Gasteiger partial charge in [0.25, 0.3) is 0 Å². The summed E-state index contributed by atoms with van der Waals surface area (Å²) in [5, 5.41) is 6.39. The van der Waals surface area contributed by atoms with Crippen LogP contribution in [0.1, 0.15) is 146 Å². The summed E-state index contributed by atoms with van der Waals surface area (Å²) in [5.74, 6) is 0.534. The molecular weight excluding hydrogens is 815 g/mol. The van der Waals surface area contributed by atoms with Gasteiger partial charge in [0, 0.05) is 42.3 Å². The Morgan fingerprint density at radius 2 is 1.41 bits per heavy atom. The molecule has 63 heavy (non-hydrogen) atoms. The average Bonchev–Trinajstić information content (AvgIpc) is 3.28. The Hall–Kier alpha value is -4.19. The fourth-order valence-electron chi connectivity index (χ4n) is 7.97. The van der Waals surface area contributed by atoms with Crippen molar-refractivity contribution in [3.8, 4) is 0 Å². The van der Waals surface area contributed by atoms with E-state index in [1.54, 1.807) is 11.8 Å². The highest BCUT2D eigenvalue weighted by Gasteiger charge is 2.21. The van der Waals surface area contributed by atoms with Crippen LogP contribution in [0.25, 0.3) is 21.7 Å². The van der Waals surface area contributed by atoms with Crippen molar-refractivity contribution in [3.05, 3.63) is 88.3 Å². The van der Waals surface area contributed by atoms with Gasteiger partial charge in [0.05, 0.1) is 13.0 Å². The summed E-state index contributed by atoms with van der Waals surface area (Å²) in [6, 6.07) is 22.0. The Bertz CT molecular complexity index is 2030. The molecule has 0 radical (unpaired) electrons. The highest BCUT2D eigenvalue weighted by atomic mass is 32.2. The molecule has 3 aromatic carbocycles. The minimum atomic E-state index is -0.658. The number of hydrogen-bond donors (Lipinski definition) is 1. The molecule has 4 aromatic rings. The van der Waals surface area contributed by atoms with Crippen LogP contribution in [0.2, 0.25) is 0 Å². The molecule has 0 bridgehead atoms. The van der Waals surface area contributed by atoms with E-state index in [0.29, 0.717) is 31.5 Å². The number of carbonyl (C=O) groups is 3. The average molecular weight is 886 g/mol. The van der Waals surface area contributed by atoms with Crippen LogP contribution in [0.15, 0.2) is 80.8 Å². The maximum atomic E-state index is 12.8. The Balaban J connectivity index is 0.838. The number of aryl methyl sites for hydroxylation is 1. The molecule has 0 spiro atoms. The van der Waals surface area contributed by atoms with Gasteiger partial charge in [-0.3, -0.25) is 14.4 Å². The van der Waals surface area contributed by atoms with Gasteiger partial charge in [-0.15, -0.1) is 11.8 Å². The molecule has 2 heterocycles. The molecule has 10 nitrogen and oxygen atoms in total. The third kappa shape index (κ3) is 20.0. The number of nitrogens with one attached hydrogen (secondary N) is 1. The largest absolute Gasteiger partial charge is 0.462 e. The van der Waals surface area contributed by atoms with Gasteiger partial charge < -0.3 is 28.7 Å². The van der Waals surface area contributed by atoms with E-state index in [1.165, 1.54) is 24.3 Å². The highest BCUT2D eigenvalue weighted by molar-refractivity contribution is 7.99. The summed E-state index contributed by atoms with van der Waals surface area (Å²) < 4.78 is 28.3. The molecule has 0 aliphatic carbocycles. The number of thioether (sulfide) groups is 1. The number of fused-ring (bicyclic) bond motifs is 2. The van der Waals surface area contributed by atoms with E-state index < -0.39 is 6.10 Å². The molecular formula is C52H71NO9S. The Labute approximate surface area is 378 Å². The molecule has 344 valence electrons. The summed E-state index contributed by atoms with van der Waals surface area (Å²) >= 11 is 1.79. The second-order valence-electron chi connectivity index (χ2n) is 17.0. The van der Waals surface area contributed by atoms with Crippen molar-refractivity contribution in [2.45, 2.75) is 165 Å². The molecule has 1 aromatic heterocycles. The quantitative estimate of drug-likeness (QED) is 0.0226. The number of amides is 1. The molecule has 0 saturated carbocycles. The normalized spacial score (nSPS) is 14.5. The van der Waals surface area contributed by atoms with E-state index in [1.807, 2.05) is 37.3 Å². The van der Waals surface area contributed by atoms with Crippen LogP contribution in [0.4, 0.5) is 0 Å². The van der Waals surface area contributed by atoms with E-state index in [-0.39, 0.29) is 43.0 Å². The fraction of sp³-hybridized carbons (Fsp3) is 0.577. The third-order valence-corrected chi connectivity index (χ3v) is 12.7. The second kappa shape index (κ2) is 29.3. The predicted molar refractivity (Wildman–Crippen MR) is 252 cm³/mol. The van der Waals surface area contributed by atoms with Gasteiger partial charge in [-0.1, -0.05) is 120 Å². The highest BCUT2D eigenvalue weighted by Crippen LogP contribution is 2.26. The Morgan fingerprint density at radius 3 is 2.14 bits per heavy atom. The molecule has 1 saturated heterocycles. The zero-order valence-electron chi connectivity index (χ0n) is 37.7. The summed E-state index contributed by atoms with van der Waals surface area (Å²) in [5.41, 5.74) is 2.31. The van der Waals surface area contributed by atoms with Crippen molar-refractivity contribution in [2.75, 3.05) is 32.1 Å². The Kier molecular flexibility index (Phi) is 23.2. The van der Waals surface area contributed by atoms with Crippen molar-refractivity contribution < 1.29 is 37.7 Å². The smallest absolute Gasteiger partial charge is 0.336 e. The minimum absolute atomic E-state index is 0.0136. The molecule has 1 aliphatic heterocycles. The van der Waals surface area contributed by atoms with E-state index in [0.717, 1.165) is 148 Å². The number of esters is 2. The number of ether oxygens (including phenoxy) is 4. The molecule has 2 atom stereocenters. The molecule has 5 rings (SSSR count). The standard InChI is InChI=1S/C52H71NO9S/c1-40-34-51(57)62-47-37-45(29-30-46(40)47)63-33-21-13-9-5-7-10-14-24-49(55)59-38-44(39-60-52-26-18-20-32-58-52)61-50(56)25-15-11-6-3-2-4-8-12-19-31-53-48(54)36-41-27-28-42-22-16-17-23-43(42)35-41/h16-17,22-23,27-30,34-35,37,44,52H,2-15,18-21,24-26,31-33,36,38-39H2,1H3,(H,53,54)/t44-,52?/m1/s1. The number of rotatable bonds is 31. The number of hydrogen-bond acceptors (Lipinski definition) is 10. The van der Waals surface area contributed by atoms with Crippen LogP contribution >= 0.6 is 11.8 Å². The SMILES string of the molecule is Cc1cc(=O)oc2cc(SCCCCCCCCCC(=O)OC[C@H](COC3CCCCO3)OC(=O)CCCCCCCCCCCNC(=O)Cc3ccc4ccccc4c3)ccc12. The van der Waals surface area contributed by atoms with Gasteiger partial charge in [-0.25, -0.2) is 4.79 Å². The Morgan fingerprint density at radius 1 is 0.730 bits per heavy atom. The van der Waals surface area contributed by atoms with E-state index in [9.17, 15) is 19.2 Å². The predicted octanol–water partition coefficient (Wildman–Crippen LogP) is 11.7. The van der Waals surface area contributed by atoms with E-state index >= 15 is 0 Å². The fourth-order valence-corrected chi connectivity index (χ4v) is 8.91. The van der Waals surface area contributed by atoms with Crippen LogP contribution in [0.5, 0.6) is 0 Å². The van der Waals surface area contributed by atoms with Crippen LogP contribution in [-0.4, -0.2) is 62.4 Å². The number of unbranched alkanes of at least 4 members (excludes halogenated alkanes) is 14. The lowest BCUT2D eigenvalue weighted by molar-refractivity contribution is -0.191. The van der Waals surface area contributed by atoms with Crippen molar-refractivity contribution in [1.29, 1.82) is 0 Å². The van der Waals surface area contributed by atoms with Crippen molar-refractivity contribution in [2.24, 2.45) is 0 Å². The first kappa shape index (κ1) is 49.8. The van der Waals surface area contributed by atoms with Crippen LogP contribution < -0.4 is 10.9 Å². The van der Waals surface area contributed by atoms with Gasteiger partial charge >= 0.3 is 17.6 Å². The van der Waals surface area contributed by atoms with Crippen LogP contribution in [0.3, 0.4) is 0 Å². The van der Waals surface area contributed by atoms with Gasteiger partial charge in [-0.2, -0.15) is 0 Å². The van der Waals surface area contributed by atoms with Crippen molar-refractivity contribution >= 4 is 51.3 Å². The monoisotopic (exact) mass is 885 g/mol. The first-order chi connectivity index (χ1) is 30.8. The summed E-state index contributed by atoms with van der Waals surface area (Å²) in [6.07, 6.45) is 19.9. The maximum Gasteiger partial charge on any atom is 0.336 e. The maximum absolute atomic E-state index is 12.8. The zero-order chi connectivity index (χ0) is 44.3. The molecule has 1 unspecified atom stereocenters. The minimum Gasteiger partial charge on any atom is -0.462 e. The first-order valence-corrected chi connectivity index (χ1v) is 24.8. The van der Waals surface area contributed by atoms with Gasteiger partial charge in [0.15, 0.2) is 12.4 Å².